The molecule has 1 unspecified atom stereocenters. The molecule has 1 aliphatic rings. The molecule has 4 N–H and O–H groups in total. The van der Waals surface area contributed by atoms with Crippen molar-refractivity contribution < 1.29 is 29.6 Å². The number of benzene rings is 1. The number of likely N-dealkylation sites (tertiary alicyclic amines) is 1. The van der Waals surface area contributed by atoms with Crippen molar-refractivity contribution in [1.82, 2.24) is 10.2 Å². The fourth-order valence-corrected chi connectivity index (χ4v) is 3.22. The summed E-state index contributed by atoms with van der Waals surface area (Å²) in [6.45, 7) is 5.33. The van der Waals surface area contributed by atoms with Crippen LogP contribution >= 0.6 is 0 Å². The number of aliphatic hydroxyl groups is 3. The molecule has 2 atom stereocenters. The van der Waals surface area contributed by atoms with Crippen molar-refractivity contribution in [2.45, 2.75) is 63.4 Å². The highest BCUT2D eigenvalue weighted by atomic mass is 16.6. The molecular weight excluding hydrogens is 376 g/mol. The predicted octanol–water partition coefficient (Wildman–Crippen LogP) is 1.35. The molecule has 0 spiro atoms. The minimum atomic E-state index is -1.62. The highest BCUT2D eigenvalue weighted by molar-refractivity contribution is 5.85. The number of amides is 2. The SMILES string of the molecule is CC(C)(C)OC(=O)N1CCC(O)(C(=O)N[C@@H](CC(O)CO)c2ccccc2)CC1. The van der Waals surface area contributed by atoms with Gasteiger partial charge in [-0.25, -0.2) is 4.79 Å². The number of aliphatic hydroxyl groups excluding tert-OH is 2. The molecule has 0 aromatic heterocycles. The molecule has 0 radical (unpaired) electrons. The van der Waals surface area contributed by atoms with Gasteiger partial charge >= 0.3 is 6.09 Å². The molecule has 1 fully saturated rings. The van der Waals surface area contributed by atoms with Crippen LogP contribution in [-0.4, -0.2) is 69.2 Å². The van der Waals surface area contributed by atoms with Gasteiger partial charge in [0.2, 0.25) is 0 Å². The monoisotopic (exact) mass is 408 g/mol. The molecule has 1 saturated heterocycles. The zero-order chi connectivity index (χ0) is 21.7. The molecule has 162 valence electrons. The fourth-order valence-electron chi connectivity index (χ4n) is 3.22. The molecule has 29 heavy (non-hydrogen) atoms. The summed E-state index contributed by atoms with van der Waals surface area (Å²) < 4.78 is 5.34. The number of nitrogens with zero attached hydrogens (tertiary/aromatic N) is 1. The quantitative estimate of drug-likeness (QED) is 0.564. The third-order valence-electron chi connectivity index (χ3n) is 4.89. The first kappa shape index (κ1) is 23.1. The number of carbonyl (C=O) groups is 2. The summed E-state index contributed by atoms with van der Waals surface area (Å²) in [4.78, 5) is 26.5. The van der Waals surface area contributed by atoms with E-state index in [-0.39, 0.29) is 32.4 Å². The van der Waals surface area contributed by atoms with E-state index in [4.69, 9.17) is 9.84 Å². The summed E-state index contributed by atoms with van der Waals surface area (Å²) in [6.07, 6.45) is -1.17. The fraction of sp³-hybridized carbons (Fsp3) is 0.619. The van der Waals surface area contributed by atoms with Crippen LogP contribution in [0, 0.1) is 0 Å². The molecule has 0 aliphatic carbocycles. The Labute approximate surface area is 171 Å². The topological polar surface area (TPSA) is 119 Å². The Morgan fingerprint density at radius 2 is 1.79 bits per heavy atom. The van der Waals surface area contributed by atoms with E-state index in [0.29, 0.717) is 0 Å². The lowest BCUT2D eigenvalue weighted by molar-refractivity contribution is -0.145. The number of hydrogen-bond acceptors (Lipinski definition) is 6. The average Bonchev–Trinajstić information content (AvgIpc) is 2.67. The van der Waals surface area contributed by atoms with Crippen LogP contribution < -0.4 is 5.32 Å². The summed E-state index contributed by atoms with van der Waals surface area (Å²) in [5.41, 5.74) is -1.46. The molecule has 2 rings (SSSR count). The summed E-state index contributed by atoms with van der Waals surface area (Å²) in [5, 5.41) is 32.7. The maximum absolute atomic E-state index is 12.8. The van der Waals surface area contributed by atoms with E-state index in [1.165, 1.54) is 4.90 Å². The number of ether oxygens (including phenoxy) is 1. The summed E-state index contributed by atoms with van der Waals surface area (Å²) >= 11 is 0. The van der Waals surface area contributed by atoms with Crippen molar-refractivity contribution >= 4 is 12.0 Å². The normalized spacial score (nSPS) is 18.6. The van der Waals surface area contributed by atoms with Crippen LogP contribution in [0.2, 0.25) is 0 Å². The minimum absolute atomic E-state index is 0.0855. The molecule has 1 aliphatic heterocycles. The third-order valence-corrected chi connectivity index (χ3v) is 4.89. The van der Waals surface area contributed by atoms with Gasteiger partial charge in [0.05, 0.1) is 18.8 Å². The molecule has 0 bridgehead atoms. The second-order valence-corrected chi connectivity index (χ2v) is 8.51. The van der Waals surface area contributed by atoms with Crippen molar-refractivity contribution in [3.63, 3.8) is 0 Å². The van der Waals surface area contributed by atoms with Crippen LogP contribution in [0.4, 0.5) is 4.79 Å². The maximum Gasteiger partial charge on any atom is 0.410 e. The highest BCUT2D eigenvalue weighted by Crippen LogP contribution is 2.26. The number of piperidine rings is 1. The molecule has 1 aromatic carbocycles. The van der Waals surface area contributed by atoms with Gasteiger partial charge in [-0.2, -0.15) is 0 Å². The van der Waals surface area contributed by atoms with Crippen molar-refractivity contribution in [2.75, 3.05) is 19.7 Å². The maximum atomic E-state index is 12.8. The zero-order valence-corrected chi connectivity index (χ0v) is 17.3. The van der Waals surface area contributed by atoms with Gasteiger partial charge in [0.25, 0.3) is 5.91 Å². The number of nitrogens with one attached hydrogen (secondary N) is 1. The van der Waals surface area contributed by atoms with Crippen LogP contribution in [0.1, 0.15) is 51.6 Å². The van der Waals surface area contributed by atoms with Gasteiger partial charge in [0.15, 0.2) is 0 Å². The number of hydrogen-bond donors (Lipinski definition) is 4. The Morgan fingerprint density at radius 1 is 1.21 bits per heavy atom. The lowest BCUT2D eigenvalue weighted by Gasteiger charge is -2.38. The van der Waals surface area contributed by atoms with Crippen molar-refractivity contribution in [2.24, 2.45) is 0 Å². The molecule has 8 nitrogen and oxygen atoms in total. The van der Waals surface area contributed by atoms with E-state index < -0.39 is 42.0 Å². The summed E-state index contributed by atoms with van der Waals surface area (Å²) in [6, 6.07) is 8.53. The van der Waals surface area contributed by atoms with Gasteiger partial charge in [0.1, 0.15) is 11.2 Å². The van der Waals surface area contributed by atoms with Crippen LogP contribution in [0.25, 0.3) is 0 Å². The van der Waals surface area contributed by atoms with Crippen LogP contribution in [0.3, 0.4) is 0 Å². The van der Waals surface area contributed by atoms with Crippen molar-refractivity contribution in [3.05, 3.63) is 35.9 Å². The molecule has 1 aromatic rings. The third kappa shape index (κ3) is 6.69. The second kappa shape index (κ2) is 9.56. The van der Waals surface area contributed by atoms with Gasteiger partial charge in [-0.3, -0.25) is 4.79 Å². The van der Waals surface area contributed by atoms with Gasteiger partial charge in [-0.1, -0.05) is 30.3 Å². The zero-order valence-electron chi connectivity index (χ0n) is 17.3. The van der Waals surface area contributed by atoms with Crippen molar-refractivity contribution in [1.29, 1.82) is 0 Å². The standard InChI is InChI=1S/C21H32N2O6/c1-20(2,3)29-19(27)23-11-9-21(28,10-12-23)18(26)22-17(13-16(25)14-24)15-7-5-4-6-8-15/h4-8,16-17,24-25,28H,9-14H2,1-3H3,(H,22,26)/t16?,17-/m0/s1. The Hall–Kier alpha value is -2.16. The average molecular weight is 408 g/mol. The van der Waals surface area contributed by atoms with E-state index in [2.05, 4.69) is 5.32 Å². The van der Waals surface area contributed by atoms with Gasteiger partial charge in [-0.05, 0) is 32.8 Å². The van der Waals surface area contributed by atoms with Gasteiger partial charge < -0.3 is 30.3 Å². The first-order valence-electron chi connectivity index (χ1n) is 9.89. The van der Waals surface area contributed by atoms with E-state index in [9.17, 15) is 19.8 Å². The lowest BCUT2D eigenvalue weighted by Crippen LogP contribution is -2.55. The second-order valence-electron chi connectivity index (χ2n) is 8.51. The number of carbonyl (C=O) groups excluding carboxylic acids is 2. The smallest absolute Gasteiger partial charge is 0.410 e. The largest absolute Gasteiger partial charge is 0.444 e. The van der Waals surface area contributed by atoms with Crippen LogP contribution in [0.15, 0.2) is 30.3 Å². The first-order chi connectivity index (χ1) is 13.5. The Bertz CT molecular complexity index is 680. The van der Waals surface area contributed by atoms with E-state index in [1.54, 1.807) is 20.8 Å². The summed E-state index contributed by atoms with van der Waals surface area (Å²) in [5.74, 6) is -0.555. The molecule has 0 saturated carbocycles. The molecule has 2 amide bonds. The molecular formula is C21H32N2O6. The Morgan fingerprint density at radius 3 is 2.31 bits per heavy atom. The predicted molar refractivity (Wildman–Crippen MR) is 107 cm³/mol. The number of rotatable bonds is 6. The van der Waals surface area contributed by atoms with E-state index in [0.717, 1.165) is 5.56 Å². The lowest BCUT2D eigenvalue weighted by atomic mass is 9.89. The van der Waals surface area contributed by atoms with Gasteiger partial charge in [-0.15, -0.1) is 0 Å². The van der Waals surface area contributed by atoms with Crippen LogP contribution in [0.5, 0.6) is 0 Å². The first-order valence-corrected chi connectivity index (χ1v) is 9.89. The van der Waals surface area contributed by atoms with E-state index >= 15 is 0 Å². The minimum Gasteiger partial charge on any atom is -0.444 e. The molecule has 1 heterocycles. The Balaban J connectivity index is 2.02. The van der Waals surface area contributed by atoms with Gasteiger partial charge in [0, 0.05) is 25.9 Å². The van der Waals surface area contributed by atoms with E-state index in [1.807, 2.05) is 30.3 Å². The van der Waals surface area contributed by atoms with Crippen LogP contribution in [-0.2, 0) is 9.53 Å². The Kier molecular flexibility index (Phi) is 7.62. The molecule has 8 heteroatoms. The van der Waals surface area contributed by atoms with Crippen molar-refractivity contribution in [3.8, 4) is 0 Å². The highest BCUT2D eigenvalue weighted by Gasteiger charge is 2.42. The summed E-state index contributed by atoms with van der Waals surface area (Å²) in [7, 11) is 0.